The van der Waals surface area contributed by atoms with E-state index in [9.17, 15) is 13.2 Å². The van der Waals surface area contributed by atoms with Crippen molar-refractivity contribution in [2.24, 2.45) is 0 Å². The van der Waals surface area contributed by atoms with Gasteiger partial charge in [-0.3, -0.25) is 0 Å². The Morgan fingerprint density at radius 1 is 1.00 bits per heavy atom. The molecule has 0 N–H and O–H groups in total. The van der Waals surface area contributed by atoms with Crippen molar-refractivity contribution in [3.63, 3.8) is 0 Å². The summed E-state index contributed by atoms with van der Waals surface area (Å²) in [5.41, 5.74) is 1.42. The van der Waals surface area contributed by atoms with Crippen molar-refractivity contribution in [2.75, 3.05) is 38.2 Å². The Labute approximate surface area is 158 Å². The van der Waals surface area contributed by atoms with Crippen LogP contribution >= 0.6 is 11.6 Å². The van der Waals surface area contributed by atoms with Crippen molar-refractivity contribution >= 4 is 33.3 Å². The minimum atomic E-state index is -3.61. The molecular weight excluding hydrogens is 376 g/mol. The Hall–Kier alpha value is -2.09. The van der Waals surface area contributed by atoms with Crippen LogP contribution in [0.1, 0.15) is 10.4 Å². The van der Waals surface area contributed by atoms with Crippen molar-refractivity contribution in [3.05, 3.63) is 59.1 Å². The van der Waals surface area contributed by atoms with Crippen molar-refractivity contribution in [1.82, 2.24) is 4.31 Å². The van der Waals surface area contributed by atoms with E-state index in [2.05, 4.69) is 9.64 Å². The third-order valence-corrected chi connectivity index (χ3v) is 6.75. The smallest absolute Gasteiger partial charge is 0.337 e. The summed E-state index contributed by atoms with van der Waals surface area (Å²) in [4.78, 5) is 13.7. The van der Waals surface area contributed by atoms with Crippen LogP contribution in [-0.4, -0.2) is 52.0 Å². The van der Waals surface area contributed by atoms with Gasteiger partial charge in [0.05, 0.1) is 17.7 Å². The summed E-state index contributed by atoms with van der Waals surface area (Å²) in [5.74, 6) is -0.382. The number of methoxy groups -OCH3 is 1. The highest BCUT2D eigenvalue weighted by atomic mass is 35.5. The minimum Gasteiger partial charge on any atom is -0.465 e. The van der Waals surface area contributed by atoms with Crippen LogP contribution in [0, 0.1) is 0 Å². The molecule has 0 aromatic heterocycles. The van der Waals surface area contributed by atoms with E-state index in [1.165, 1.54) is 17.5 Å². The number of anilines is 1. The van der Waals surface area contributed by atoms with Crippen LogP contribution < -0.4 is 4.90 Å². The van der Waals surface area contributed by atoms with Crippen LogP contribution in [0.3, 0.4) is 0 Å². The highest BCUT2D eigenvalue weighted by Crippen LogP contribution is 2.26. The number of sulfonamides is 1. The van der Waals surface area contributed by atoms with Crippen molar-refractivity contribution < 1.29 is 17.9 Å². The van der Waals surface area contributed by atoms with Gasteiger partial charge in [-0.25, -0.2) is 13.2 Å². The van der Waals surface area contributed by atoms with E-state index in [0.717, 1.165) is 5.69 Å². The fourth-order valence-corrected chi connectivity index (χ4v) is 4.82. The van der Waals surface area contributed by atoms with Crippen LogP contribution in [0.4, 0.5) is 5.69 Å². The molecule has 2 aromatic rings. The lowest BCUT2D eigenvalue weighted by atomic mass is 10.2. The van der Waals surface area contributed by atoms with Gasteiger partial charge in [0.25, 0.3) is 0 Å². The van der Waals surface area contributed by atoms with E-state index in [-0.39, 0.29) is 15.9 Å². The molecule has 1 fully saturated rings. The largest absolute Gasteiger partial charge is 0.465 e. The molecular formula is C18H19ClN2O4S. The van der Waals surface area contributed by atoms with Gasteiger partial charge >= 0.3 is 5.97 Å². The quantitative estimate of drug-likeness (QED) is 0.746. The topological polar surface area (TPSA) is 66.9 Å². The zero-order chi connectivity index (χ0) is 18.7. The first-order valence-electron chi connectivity index (χ1n) is 8.11. The lowest BCUT2D eigenvalue weighted by Crippen LogP contribution is -2.48. The van der Waals surface area contributed by atoms with E-state index in [4.69, 9.17) is 11.6 Å². The van der Waals surface area contributed by atoms with Gasteiger partial charge < -0.3 is 9.64 Å². The maximum Gasteiger partial charge on any atom is 0.337 e. The molecule has 0 bridgehead atoms. The molecule has 3 rings (SSSR count). The molecule has 1 aliphatic heterocycles. The second-order valence-corrected chi connectivity index (χ2v) is 8.17. The lowest BCUT2D eigenvalue weighted by molar-refractivity contribution is 0.0600. The third-order valence-electron chi connectivity index (χ3n) is 4.35. The standard InChI is InChI=1S/C18H19ClN2O4S/c1-25-18(22)14-6-8-15(9-7-14)20-10-12-21(13-11-20)26(23,24)17-5-3-2-4-16(17)19/h2-9H,10-13H2,1H3. The minimum absolute atomic E-state index is 0.137. The van der Waals surface area contributed by atoms with Gasteiger partial charge in [-0.15, -0.1) is 0 Å². The zero-order valence-corrected chi connectivity index (χ0v) is 15.8. The molecule has 8 heteroatoms. The molecule has 1 saturated heterocycles. The maximum absolute atomic E-state index is 12.8. The third kappa shape index (κ3) is 3.70. The predicted octanol–water partition coefficient (Wildman–Crippen LogP) is 2.64. The first-order valence-corrected chi connectivity index (χ1v) is 9.93. The number of ether oxygens (including phenoxy) is 1. The number of rotatable bonds is 4. The molecule has 138 valence electrons. The number of esters is 1. The number of carbonyl (C=O) groups excluding carboxylic acids is 1. The highest BCUT2D eigenvalue weighted by molar-refractivity contribution is 7.89. The van der Waals surface area contributed by atoms with E-state index < -0.39 is 10.0 Å². The Morgan fingerprint density at radius 2 is 1.62 bits per heavy atom. The molecule has 0 saturated carbocycles. The number of benzene rings is 2. The molecule has 1 aliphatic rings. The van der Waals surface area contributed by atoms with Crippen LogP contribution in [0.2, 0.25) is 5.02 Å². The molecule has 0 aliphatic carbocycles. The van der Waals surface area contributed by atoms with Gasteiger partial charge in [0.15, 0.2) is 0 Å². The molecule has 0 spiro atoms. The number of nitrogens with zero attached hydrogens (tertiary/aromatic N) is 2. The number of carbonyl (C=O) groups is 1. The van der Waals surface area contributed by atoms with Gasteiger partial charge in [-0.05, 0) is 36.4 Å². The summed E-state index contributed by atoms with van der Waals surface area (Å²) < 4.78 is 31.7. The van der Waals surface area contributed by atoms with Crippen LogP contribution in [0.15, 0.2) is 53.4 Å². The zero-order valence-electron chi connectivity index (χ0n) is 14.3. The van der Waals surface area contributed by atoms with E-state index in [0.29, 0.717) is 31.7 Å². The Kier molecular flexibility index (Phi) is 5.50. The molecule has 2 aromatic carbocycles. The van der Waals surface area contributed by atoms with E-state index >= 15 is 0 Å². The SMILES string of the molecule is COC(=O)c1ccc(N2CCN(S(=O)(=O)c3ccccc3Cl)CC2)cc1. The summed E-state index contributed by atoms with van der Waals surface area (Å²) in [6.07, 6.45) is 0. The Morgan fingerprint density at radius 3 is 2.19 bits per heavy atom. The Bertz CT molecular complexity index is 892. The average molecular weight is 395 g/mol. The fourth-order valence-electron chi connectivity index (χ4n) is 2.91. The maximum atomic E-state index is 12.8. The van der Waals surface area contributed by atoms with Gasteiger partial charge in [-0.2, -0.15) is 4.31 Å². The van der Waals surface area contributed by atoms with E-state index in [1.807, 2.05) is 12.1 Å². The summed E-state index contributed by atoms with van der Waals surface area (Å²) in [6.45, 7) is 1.85. The first kappa shape index (κ1) is 18.7. The van der Waals surface area contributed by atoms with Crippen molar-refractivity contribution in [1.29, 1.82) is 0 Å². The number of halogens is 1. The fraction of sp³-hybridized carbons (Fsp3) is 0.278. The second kappa shape index (κ2) is 7.65. The Balaban J connectivity index is 1.69. The molecule has 0 atom stereocenters. The number of hydrogen-bond acceptors (Lipinski definition) is 5. The normalized spacial score (nSPS) is 15.7. The summed E-state index contributed by atoms with van der Waals surface area (Å²) in [7, 11) is -2.26. The number of piperazine rings is 1. The molecule has 0 amide bonds. The second-order valence-electron chi connectivity index (χ2n) is 5.86. The summed E-state index contributed by atoms with van der Waals surface area (Å²) in [5, 5.41) is 0.230. The molecule has 0 unspecified atom stereocenters. The lowest BCUT2D eigenvalue weighted by Gasteiger charge is -2.35. The summed E-state index contributed by atoms with van der Waals surface area (Å²) in [6, 6.07) is 13.6. The first-order chi connectivity index (χ1) is 12.4. The highest BCUT2D eigenvalue weighted by Gasteiger charge is 2.30. The van der Waals surface area contributed by atoms with Crippen LogP contribution in [0.25, 0.3) is 0 Å². The van der Waals surface area contributed by atoms with Crippen molar-refractivity contribution in [2.45, 2.75) is 4.90 Å². The monoisotopic (exact) mass is 394 g/mol. The summed E-state index contributed by atoms with van der Waals surface area (Å²) >= 11 is 6.05. The molecule has 6 nitrogen and oxygen atoms in total. The average Bonchev–Trinajstić information content (AvgIpc) is 2.68. The van der Waals surface area contributed by atoms with Gasteiger partial charge in [0, 0.05) is 31.9 Å². The molecule has 1 heterocycles. The van der Waals surface area contributed by atoms with Gasteiger partial charge in [0.2, 0.25) is 10.0 Å². The molecule has 0 radical (unpaired) electrons. The number of hydrogen-bond donors (Lipinski definition) is 0. The molecule has 26 heavy (non-hydrogen) atoms. The predicted molar refractivity (Wildman–Crippen MR) is 100 cm³/mol. The van der Waals surface area contributed by atoms with Gasteiger partial charge in [0.1, 0.15) is 4.90 Å². The van der Waals surface area contributed by atoms with Crippen LogP contribution in [-0.2, 0) is 14.8 Å². The van der Waals surface area contributed by atoms with Crippen LogP contribution in [0.5, 0.6) is 0 Å². The van der Waals surface area contributed by atoms with Crippen molar-refractivity contribution in [3.8, 4) is 0 Å². The van der Waals surface area contributed by atoms with Gasteiger partial charge in [-0.1, -0.05) is 23.7 Å². The van der Waals surface area contributed by atoms with E-state index in [1.54, 1.807) is 30.3 Å².